The van der Waals surface area contributed by atoms with E-state index in [0.717, 1.165) is 36.8 Å². The lowest BCUT2D eigenvalue weighted by molar-refractivity contribution is 0.112. The van der Waals surface area contributed by atoms with Crippen LogP contribution >= 0.6 is 27.3 Å². The third-order valence-corrected chi connectivity index (χ3v) is 4.44. The van der Waals surface area contributed by atoms with Crippen molar-refractivity contribution >= 4 is 43.6 Å². The molecule has 0 saturated carbocycles. The molecule has 0 atom stereocenters. The number of benzene rings is 2. The second kappa shape index (κ2) is 4.67. The van der Waals surface area contributed by atoms with E-state index in [9.17, 15) is 4.79 Å². The molecule has 0 bridgehead atoms. The molecule has 0 unspecified atom stereocenters. The smallest absolute Gasteiger partial charge is 0.160 e. The molecule has 2 aromatic carbocycles. The molecular weight excluding hydrogens is 308 g/mol. The minimum Gasteiger partial charge on any atom is -0.297 e. The number of hydrogen-bond acceptors (Lipinski definition) is 2. The van der Waals surface area contributed by atoms with Crippen LogP contribution in [0.1, 0.15) is 9.67 Å². The van der Waals surface area contributed by atoms with Crippen molar-refractivity contribution in [3.8, 4) is 11.1 Å². The van der Waals surface area contributed by atoms with E-state index in [0.29, 0.717) is 0 Å². The third-order valence-electron chi connectivity index (χ3n) is 2.85. The van der Waals surface area contributed by atoms with Gasteiger partial charge < -0.3 is 0 Å². The second-order valence-electron chi connectivity index (χ2n) is 3.97. The normalized spacial score (nSPS) is 10.7. The van der Waals surface area contributed by atoms with Crippen LogP contribution < -0.4 is 0 Å². The number of rotatable bonds is 2. The fourth-order valence-corrected chi connectivity index (χ4v) is 3.46. The molecule has 0 fully saturated rings. The molecule has 0 aliphatic rings. The van der Waals surface area contributed by atoms with Crippen molar-refractivity contribution in [1.29, 1.82) is 0 Å². The van der Waals surface area contributed by atoms with Gasteiger partial charge in [-0.05, 0) is 23.8 Å². The van der Waals surface area contributed by atoms with Gasteiger partial charge in [0.1, 0.15) is 0 Å². The lowest BCUT2D eigenvalue weighted by Gasteiger charge is -2.01. The van der Waals surface area contributed by atoms with Gasteiger partial charge in [0.05, 0.1) is 4.88 Å². The van der Waals surface area contributed by atoms with Gasteiger partial charge in [0.15, 0.2) is 6.29 Å². The van der Waals surface area contributed by atoms with Crippen molar-refractivity contribution in [2.45, 2.75) is 0 Å². The van der Waals surface area contributed by atoms with Crippen molar-refractivity contribution in [2.75, 3.05) is 0 Å². The average molecular weight is 317 g/mol. The van der Waals surface area contributed by atoms with Crippen molar-refractivity contribution < 1.29 is 4.79 Å². The monoisotopic (exact) mass is 316 g/mol. The number of hydrogen-bond donors (Lipinski definition) is 0. The molecule has 88 valence electrons. The standard InChI is InChI=1S/C15H9BrOS/c16-11-6-7-13-12(8-11)15(14(9-17)18-13)10-4-2-1-3-5-10/h1-9H. The van der Waals surface area contributed by atoms with Crippen molar-refractivity contribution in [3.05, 3.63) is 57.9 Å². The highest BCUT2D eigenvalue weighted by atomic mass is 79.9. The molecule has 0 aliphatic carbocycles. The Morgan fingerprint density at radius 2 is 1.83 bits per heavy atom. The van der Waals surface area contributed by atoms with E-state index in [1.54, 1.807) is 0 Å². The predicted molar refractivity (Wildman–Crippen MR) is 80.3 cm³/mol. The zero-order valence-electron chi connectivity index (χ0n) is 9.39. The molecule has 0 radical (unpaired) electrons. The van der Waals surface area contributed by atoms with Crippen LogP contribution in [0.4, 0.5) is 0 Å². The van der Waals surface area contributed by atoms with E-state index in [-0.39, 0.29) is 0 Å². The number of fused-ring (bicyclic) bond motifs is 1. The summed E-state index contributed by atoms with van der Waals surface area (Å²) in [5.74, 6) is 0. The first-order valence-corrected chi connectivity index (χ1v) is 7.13. The van der Waals surface area contributed by atoms with Gasteiger partial charge in [-0.2, -0.15) is 0 Å². The summed E-state index contributed by atoms with van der Waals surface area (Å²) < 4.78 is 2.17. The molecule has 18 heavy (non-hydrogen) atoms. The Morgan fingerprint density at radius 1 is 1.06 bits per heavy atom. The summed E-state index contributed by atoms with van der Waals surface area (Å²) in [6.07, 6.45) is 0.945. The zero-order chi connectivity index (χ0) is 12.5. The van der Waals surface area contributed by atoms with E-state index in [2.05, 4.69) is 22.0 Å². The molecule has 0 spiro atoms. The van der Waals surface area contributed by atoms with Crippen LogP contribution in [0.25, 0.3) is 21.2 Å². The van der Waals surface area contributed by atoms with Crippen LogP contribution in [0.2, 0.25) is 0 Å². The van der Waals surface area contributed by atoms with Gasteiger partial charge >= 0.3 is 0 Å². The Morgan fingerprint density at radius 3 is 2.56 bits per heavy atom. The molecule has 3 aromatic rings. The van der Waals surface area contributed by atoms with Crippen LogP contribution in [0.5, 0.6) is 0 Å². The Hall–Kier alpha value is -1.45. The summed E-state index contributed by atoms with van der Waals surface area (Å²) in [6, 6.07) is 16.2. The summed E-state index contributed by atoms with van der Waals surface area (Å²) in [4.78, 5) is 12.0. The maximum Gasteiger partial charge on any atom is 0.160 e. The zero-order valence-corrected chi connectivity index (χ0v) is 11.8. The molecule has 0 N–H and O–H groups in total. The first-order valence-electron chi connectivity index (χ1n) is 5.52. The Balaban J connectivity index is 2.38. The van der Waals surface area contributed by atoms with E-state index >= 15 is 0 Å². The van der Waals surface area contributed by atoms with Gasteiger partial charge in [-0.3, -0.25) is 4.79 Å². The van der Waals surface area contributed by atoms with Crippen LogP contribution in [0.3, 0.4) is 0 Å². The summed E-state index contributed by atoms with van der Waals surface area (Å²) in [5.41, 5.74) is 2.12. The van der Waals surface area contributed by atoms with Gasteiger partial charge in [0.25, 0.3) is 0 Å². The van der Waals surface area contributed by atoms with E-state index in [1.165, 1.54) is 11.3 Å². The molecule has 1 aromatic heterocycles. The van der Waals surface area contributed by atoms with Gasteiger partial charge in [0, 0.05) is 20.1 Å². The van der Waals surface area contributed by atoms with Gasteiger partial charge in [0.2, 0.25) is 0 Å². The topological polar surface area (TPSA) is 17.1 Å². The molecule has 1 heterocycles. The Labute approximate surface area is 117 Å². The quantitative estimate of drug-likeness (QED) is 0.598. The van der Waals surface area contributed by atoms with Gasteiger partial charge in [-0.1, -0.05) is 46.3 Å². The van der Waals surface area contributed by atoms with Crippen LogP contribution in [0.15, 0.2) is 53.0 Å². The number of carbonyl (C=O) groups is 1. The molecule has 0 amide bonds. The van der Waals surface area contributed by atoms with Crippen molar-refractivity contribution in [2.24, 2.45) is 0 Å². The van der Waals surface area contributed by atoms with E-state index in [1.807, 2.05) is 42.5 Å². The number of aldehydes is 1. The fraction of sp³-hybridized carbons (Fsp3) is 0. The third kappa shape index (κ3) is 1.89. The lowest BCUT2D eigenvalue weighted by atomic mass is 10.0. The first kappa shape index (κ1) is 11.6. The minimum absolute atomic E-state index is 0.786. The Kier molecular flexibility index (Phi) is 3.02. The molecule has 1 nitrogen and oxygen atoms in total. The highest BCUT2D eigenvalue weighted by molar-refractivity contribution is 9.10. The number of thiophene rings is 1. The molecule has 3 heteroatoms. The van der Waals surface area contributed by atoms with E-state index in [4.69, 9.17) is 0 Å². The SMILES string of the molecule is O=Cc1sc2ccc(Br)cc2c1-c1ccccc1. The predicted octanol–water partition coefficient (Wildman–Crippen LogP) is 5.14. The molecular formula is C15H9BrOS. The molecule has 0 aliphatic heterocycles. The maximum atomic E-state index is 11.3. The highest BCUT2D eigenvalue weighted by Crippen LogP contribution is 2.38. The van der Waals surface area contributed by atoms with Gasteiger partial charge in [-0.15, -0.1) is 11.3 Å². The summed E-state index contributed by atoms with van der Waals surface area (Å²) in [7, 11) is 0. The Bertz CT molecular complexity index is 716. The highest BCUT2D eigenvalue weighted by Gasteiger charge is 2.13. The largest absolute Gasteiger partial charge is 0.297 e. The van der Waals surface area contributed by atoms with E-state index < -0.39 is 0 Å². The lowest BCUT2D eigenvalue weighted by Crippen LogP contribution is -1.80. The summed E-state index contributed by atoms with van der Waals surface area (Å²) >= 11 is 5.03. The minimum atomic E-state index is 0.786. The number of halogens is 1. The number of carbonyl (C=O) groups excluding carboxylic acids is 1. The fourth-order valence-electron chi connectivity index (χ4n) is 2.07. The second-order valence-corrected chi connectivity index (χ2v) is 5.97. The van der Waals surface area contributed by atoms with Crippen LogP contribution in [-0.4, -0.2) is 6.29 Å². The van der Waals surface area contributed by atoms with Gasteiger partial charge in [-0.25, -0.2) is 0 Å². The maximum absolute atomic E-state index is 11.3. The van der Waals surface area contributed by atoms with Crippen molar-refractivity contribution in [3.63, 3.8) is 0 Å². The summed E-state index contributed by atoms with van der Waals surface area (Å²) in [5, 5.41) is 1.13. The first-order chi connectivity index (χ1) is 8.79. The summed E-state index contributed by atoms with van der Waals surface area (Å²) in [6.45, 7) is 0. The molecule has 3 rings (SSSR count). The molecule has 0 saturated heterocycles. The average Bonchev–Trinajstić information content (AvgIpc) is 2.77. The van der Waals surface area contributed by atoms with Crippen LogP contribution in [-0.2, 0) is 0 Å². The van der Waals surface area contributed by atoms with Crippen molar-refractivity contribution in [1.82, 2.24) is 0 Å². The van der Waals surface area contributed by atoms with Crippen LogP contribution in [0, 0.1) is 0 Å².